The molecule has 0 atom stereocenters. The number of non-ortho nitro benzene ring substituents is 1. The van der Waals surface area contributed by atoms with Gasteiger partial charge in [0, 0.05) is 23.3 Å². The van der Waals surface area contributed by atoms with Crippen LogP contribution in [0, 0.1) is 17.0 Å². The third-order valence-corrected chi connectivity index (χ3v) is 3.84. The Kier molecular flexibility index (Phi) is 7.16. The maximum absolute atomic E-state index is 12.4. The Bertz CT molecular complexity index is 969. The van der Waals surface area contributed by atoms with Crippen LogP contribution >= 0.6 is 0 Å². The summed E-state index contributed by atoms with van der Waals surface area (Å²) < 4.78 is 4.58. The first kappa shape index (κ1) is 20.5. The van der Waals surface area contributed by atoms with Crippen molar-refractivity contribution in [2.75, 3.05) is 7.11 Å². The average molecular weight is 377 g/mol. The molecular weight excluding hydrogens is 358 g/mol. The lowest BCUT2D eigenvalue weighted by atomic mass is 9.98. The van der Waals surface area contributed by atoms with E-state index in [1.54, 1.807) is 30.3 Å². The van der Waals surface area contributed by atoms with Gasteiger partial charge < -0.3 is 4.74 Å². The highest BCUT2D eigenvalue weighted by molar-refractivity contribution is 6.14. The first-order valence-electron chi connectivity index (χ1n) is 8.42. The highest BCUT2D eigenvalue weighted by Gasteiger charge is 2.22. The quantitative estimate of drug-likeness (QED) is 0.287. The number of nitro benzene ring substituents is 1. The van der Waals surface area contributed by atoms with E-state index in [0.29, 0.717) is 5.56 Å². The van der Waals surface area contributed by atoms with Crippen LogP contribution in [0.5, 0.6) is 0 Å². The molecule has 142 valence electrons. The van der Waals surface area contributed by atoms with Crippen molar-refractivity contribution in [2.24, 2.45) is 0 Å². The van der Waals surface area contributed by atoms with E-state index in [9.17, 15) is 19.7 Å². The van der Waals surface area contributed by atoms with Crippen LogP contribution in [-0.4, -0.2) is 23.8 Å². The fourth-order valence-corrected chi connectivity index (χ4v) is 2.40. The number of hydrogen-bond donors (Lipinski definition) is 0. The number of methoxy groups -OCH3 is 1. The maximum Gasteiger partial charge on any atom is 0.338 e. The Morgan fingerprint density at radius 3 is 1.89 bits per heavy atom. The van der Waals surface area contributed by atoms with Gasteiger partial charge in [-0.25, -0.2) is 4.79 Å². The van der Waals surface area contributed by atoms with E-state index in [4.69, 9.17) is 0 Å². The number of ether oxygens (including phenoxy) is 1. The largest absolute Gasteiger partial charge is 0.465 e. The Labute approximate surface area is 162 Å². The van der Waals surface area contributed by atoms with Gasteiger partial charge in [-0.2, -0.15) is 0 Å². The summed E-state index contributed by atoms with van der Waals surface area (Å²) in [5.41, 5.74) is 1.37. The minimum Gasteiger partial charge on any atom is -0.465 e. The first-order valence-corrected chi connectivity index (χ1v) is 8.42. The summed E-state index contributed by atoms with van der Waals surface area (Å²) >= 11 is 0. The lowest BCUT2D eigenvalue weighted by molar-refractivity contribution is -0.384. The van der Waals surface area contributed by atoms with Crippen LogP contribution in [0.4, 0.5) is 5.69 Å². The standard InChI is InChI=1S/C15H11NO5.C7H8/c1-21-15(18)13-9-11(16(19)20)7-8-12(13)14(17)10-5-3-2-4-6-10;1-7-5-3-2-4-6-7/h2-9H,1H3;2-6H,1H3. The van der Waals surface area contributed by atoms with Crippen LogP contribution in [0.15, 0.2) is 78.9 Å². The molecule has 0 spiro atoms. The van der Waals surface area contributed by atoms with Crippen molar-refractivity contribution in [3.05, 3.63) is 111 Å². The fraction of sp³-hybridized carbons (Fsp3) is 0.0909. The molecule has 0 heterocycles. The van der Waals surface area contributed by atoms with Gasteiger partial charge in [0.1, 0.15) is 0 Å². The van der Waals surface area contributed by atoms with E-state index in [0.717, 1.165) is 13.2 Å². The molecule has 6 nitrogen and oxygen atoms in total. The van der Waals surface area contributed by atoms with Crippen LogP contribution in [-0.2, 0) is 4.74 Å². The molecule has 0 saturated heterocycles. The topological polar surface area (TPSA) is 86.5 Å². The number of nitro groups is 1. The molecular formula is C22H19NO5. The Morgan fingerprint density at radius 2 is 1.43 bits per heavy atom. The molecule has 0 aliphatic heterocycles. The van der Waals surface area contributed by atoms with Gasteiger partial charge in [0.05, 0.1) is 17.6 Å². The zero-order valence-corrected chi connectivity index (χ0v) is 15.5. The maximum atomic E-state index is 12.4. The number of ketones is 1. The van der Waals surface area contributed by atoms with E-state index in [-0.39, 0.29) is 16.8 Å². The predicted molar refractivity (Wildman–Crippen MR) is 105 cm³/mol. The smallest absolute Gasteiger partial charge is 0.338 e. The average Bonchev–Trinajstić information content (AvgIpc) is 2.73. The van der Waals surface area contributed by atoms with Gasteiger partial charge in [0.2, 0.25) is 0 Å². The highest BCUT2D eigenvalue weighted by Crippen LogP contribution is 2.21. The lowest BCUT2D eigenvalue weighted by Gasteiger charge is -2.07. The third kappa shape index (κ3) is 5.35. The molecule has 0 amide bonds. The molecule has 3 aromatic carbocycles. The van der Waals surface area contributed by atoms with Gasteiger partial charge in [0.25, 0.3) is 5.69 Å². The number of benzene rings is 3. The highest BCUT2D eigenvalue weighted by atomic mass is 16.6. The number of carbonyl (C=O) groups excluding carboxylic acids is 2. The second kappa shape index (κ2) is 9.78. The first-order chi connectivity index (χ1) is 13.4. The fourth-order valence-electron chi connectivity index (χ4n) is 2.40. The second-order valence-electron chi connectivity index (χ2n) is 5.83. The Morgan fingerprint density at radius 1 is 0.857 bits per heavy atom. The van der Waals surface area contributed by atoms with Gasteiger partial charge >= 0.3 is 5.97 Å². The van der Waals surface area contributed by atoms with Crippen molar-refractivity contribution in [2.45, 2.75) is 6.92 Å². The number of nitrogens with zero attached hydrogens (tertiary/aromatic N) is 1. The minimum absolute atomic E-state index is 0.0682. The van der Waals surface area contributed by atoms with E-state index in [1.165, 1.54) is 17.7 Å². The summed E-state index contributed by atoms with van der Waals surface area (Å²) in [5, 5.41) is 10.8. The molecule has 3 aromatic rings. The van der Waals surface area contributed by atoms with E-state index >= 15 is 0 Å². The number of esters is 1. The zero-order valence-electron chi connectivity index (χ0n) is 15.5. The summed E-state index contributed by atoms with van der Waals surface area (Å²) in [6, 6.07) is 22.1. The molecule has 0 aliphatic rings. The summed E-state index contributed by atoms with van der Waals surface area (Å²) in [4.78, 5) is 34.3. The van der Waals surface area contributed by atoms with Gasteiger partial charge in [-0.15, -0.1) is 0 Å². The third-order valence-electron chi connectivity index (χ3n) is 3.84. The van der Waals surface area contributed by atoms with Crippen molar-refractivity contribution in [1.29, 1.82) is 0 Å². The molecule has 0 N–H and O–H groups in total. The monoisotopic (exact) mass is 377 g/mol. The van der Waals surface area contributed by atoms with E-state index in [1.807, 2.05) is 18.2 Å². The van der Waals surface area contributed by atoms with Crippen LogP contribution in [0.25, 0.3) is 0 Å². The molecule has 0 unspecified atom stereocenters. The van der Waals surface area contributed by atoms with Crippen LogP contribution in [0.3, 0.4) is 0 Å². The van der Waals surface area contributed by atoms with Crippen LogP contribution in [0.2, 0.25) is 0 Å². The molecule has 3 rings (SSSR count). The van der Waals surface area contributed by atoms with Crippen molar-refractivity contribution in [1.82, 2.24) is 0 Å². The normalized spacial score (nSPS) is 9.64. The Balaban J connectivity index is 0.000000336. The molecule has 0 aliphatic carbocycles. The zero-order chi connectivity index (χ0) is 20.5. The number of hydrogen-bond acceptors (Lipinski definition) is 5. The second-order valence-corrected chi connectivity index (χ2v) is 5.83. The predicted octanol–water partition coefficient (Wildman–Crippen LogP) is 4.61. The van der Waals surface area contributed by atoms with Crippen molar-refractivity contribution in [3.8, 4) is 0 Å². The van der Waals surface area contributed by atoms with Gasteiger partial charge in [-0.05, 0) is 13.0 Å². The molecule has 28 heavy (non-hydrogen) atoms. The van der Waals surface area contributed by atoms with Crippen molar-refractivity contribution >= 4 is 17.4 Å². The molecule has 6 heteroatoms. The van der Waals surface area contributed by atoms with Gasteiger partial charge in [-0.1, -0.05) is 66.2 Å². The molecule has 0 aromatic heterocycles. The van der Waals surface area contributed by atoms with Crippen LogP contribution < -0.4 is 0 Å². The van der Waals surface area contributed by atoms with E-state index in [2.05, 4.69) is 23.8 Å². The minimum atomic E-state index is -0.794. The summed E-state index contributed by atoms with van der Waals surface area (Å²) in [5.74, 6) is -1.19. The molecule has 0 saturated carbocycles. The number of aryl methyl sites for hydroxylation is 1. The molecule has 0 bridgehead atoms. The SMILES string of the molecule is COC(=O)c1cc([N+](=O)[O-])ccc1C(=O)c1ccccc1.Cc1ccccc1. The van der Waals surface area contributed by atoms with E-state index < -0.39 is 16.7 Å². The summed E-state index contributed by atoms with van der Waals surface area (Å²) in [7, 11) is 1.15. The number of rotatable bonds is 4. The summed E-state index contributed by atoms with van der Waals surface area (Å²) in [6.07, 6.45) is 0. The summed E-state index contributed by atoms with van der Waals surface area (Å²) in [6.45, 7) is 2.08. The molecule has 0 fully saturated rings. The Hall–Kier alpha value is -3.80. The lowest BCUT2D eigenvalue weighted by Crippen LogP contribution is -2.12. The van der Waals surface area contributed by atoms with Crippen LogP contribution in [0.1, 0.15) is 31.8 Å². The van der Waals surface area contributed by atoms with Crippen molar-refractivity contribution < 1.29 is 19.2 Å². The molecule has 0 radical (unpaired) electrons. The van der Waals surface area contributed by atoms with Gasteiger partial charge in [0.15, 0.2) is 5.78 Å². The number of carbonyl (C=O) groups is 2. The van der Waals surface area contributed by atoms with Crippen molar-refractivity contribution in [3.63, 3.8) is 0 Å². The van der Waals surface area contributed by atoms with Gasteiger partial charge in [-0.3, -0.25) is 14.9 Å².